The number of anilines is 1. The van der Waals surface area contributed by atoms with Crippen LogP contribution in [0, 0.1) is 0 Å². The van der Waals surface area contributed by atoms with Crippen LogP contribution < -0.4 is 11.5 Å². The lowest BCUT2D eigenvalue weighted by molar-refractivity contribution is -0.192. The van der Waals surface area contributed by atoms with Gasteiger partial charge in [0.25, 0.3) is 0 Å². The molecular formula is C22H21F3N2O2. The maximum Gasteiger partial charge on any atom is 0.490 e. The molecule has 0 spiro atoms. The fraction of sp³-hybridized carbons (Fsp3) is 0.227. The van der Waals surface area contributed by atoms with Gasteiger partial charge in [-0.25, -0.2) is 4.79 Å². The van der Waals surface area contributed by atoms with E-state index in [1.165, 1.54) is 21.9 Å². The van der Waals surface area contributed by atoms with Crippen molar-refractivity contribution < 1.29 is 23.1 Å². The number of hydrogen-bond acceptors (Lipinski definition) is 3. The Labute approximate surface area is 165 Å². The molecule has 1 saturated carbocycles. The fourth-order valence-electron chi connectivity index (χ4n) is 3.42. The predicted octanol–water partition coefficient (Wildman–Crippen LogP) is 4.48. The van der Waals surface area contributed by atoms with E-state index < -0.39 is 12.1 Å². The molecule has 29 heavy (non-hydrogen) atoms. The number of hydrogen-bond donors (Lipinski definition) is 3. The van der Waals surface area contributed by atoms with E-state index in [4.69, 9.17) is 21.4 Å². The van der Waals surface area contributed by atoms with E-state index in [1.54, 1.807) is 0 Å². The highest BCUT2D eigenvalue weighted by Crippen LogP contribution is 2.51. The van der Waals surface area contributed by atoms with Crippen LogP contribution in [0.25, 0.3) is 10.8 Å². The van der Waals surface area contributed by atoms with Gasteiger partial charge in [-0.05, 0) is 46.9 Å². The summed E-state index contributed by atoms with van der Waals surface area (Å²) in [6, 6.07) is 23.3. The number of carboxylic acid groups (broad SMARTS) is 1. The second-order valence-corrected chi connectivity index (χ2v) is 7.32. The molecule has 1 aliphatic carbocycles. The van der Waals surface area contributed by atoms with Crippen LogP contribution in [0.15, 0.2) is 66.7 Å². The van der Waals surface area contributed by atoms with E-state index in [0.29, 0.717) is 5.92 Å². The topological polar surface area (TPSA) is 89.3 Å². The molecule has 5 N–H and O–H groups in total. The van der Waals surface area contributed by atoms with Crippen molar-refractivity contribution in [1.29, 1.82) is 0 Å². The Morgan fingerprint density at radius 3 is 2.21 bits per heavy atom. The van der Waals surface area contributed by atoms with Gasteiger partial charge in [0.15, 0.2) is 0 Å². The molecule has 0 aromatic heterocycles. The molecule has 4 nitrogen and oxygen atoms in total. The number of alkyl halides is 3. The van der Waals surface area contributed by atoms with Crippen LogP contribution in [-0.4, -0.2) is 22.8 Å². The van der Waals surface area contributed by atoms with E-state index in [1.807, 2.05) is 12.1 Å². The number of nitrogen functional groups attached to an aromatic ring is 1. The van der Waals surface area contributed by atoms with E-state index in [2.05, 4.69) is 54.6 Å². The molecule has 0 amide bonds. The van der Waals surface area contributed by atoms with Crippen molar-refractivity contribution in [3.63, 3.8) is 0 Å². The third-order valence-corrected chi connectivity index (χ3v) is 5.05. The van der Waals surface area contributed by atoms with Gasteiger partial charge in [0.05, 0.1) is 0 Å². The van der Waals surface area contributed by atoms with Gasteiger partial charge in [0.1, 0.15) is 0 Å². The Balaban J connectivity index is 0.000000298. The number of benzene rings is 3. The third-order valence-electron chi connectivity index (χ3n) is 5.05. The zero-order valence-corrected chi connectivity index (χ0v) is 15.5. The van der Waals surface area contributed by atoms with E-state index in [9.17, 15) is 13.2 Å². The van der Waals surface area contributed by atoms with Crippen LogP contribution >= 0.6 is 0 Å². The van der Waals surface area contributed by atoms with Crippen molar-refractivity contribution in [3.05, 3.63) is 77.9 Å². The summed E-state index contributed by atoms with van der Waals surface area (Å²) in [6.07, 6.45) is -3.11. The highest BCUT2D eigenvalue weighted by molar-refractivity contribution is 5.83. The second kappa shape index (κ2) is 7.75. The van der Waals surface area contributed by atoms with E-state index >= 15 is 0 Å². The van der Waals surface area contributed by atoms with Crippen LogP contribution in [0.5, 0.6) is 0 Å². The van der Waals surface area contributed by atoms with Gasteiger partial charge >= 0.3 is 12.1 Å². The molecule has 0 aliphatic heterocycles. The maximum atomic E-state index is 10.6. The minimum Gasteiger partial charge on any atom is -0.475 e. The normalized spacial score (nSPS) is 20.6. The smallest absolute Gasteiger partial charge is 0.475 e. The van der Waals surface area contributed by atoms with Crippen molar-refractivity contribution in [2.45, 2.75) is 30.5 Å². The minimum absolute atomic E-state index is 0.113. The number of nitrogens with two attached hydrogens (primary N) is 2. The van der Waals surface area contributed by atoms with Crippen molar-refractivity contribution in [2.75, 3.05) is 5.73 Å². The third kappa shape index (κ3) is 5.06. The number of aliphatic carboxylic acids is 1. The highest BCUT2D eigenvalue weighted by atomic mass is 19.4. The molecule has 1 fully saturated rings. The predicted molar refractivity (Wildman–Crippen MR) is 106 cm³/mol. The van der Waals surface area contributed by atoms with Gasteiger partial charge in [-0.3, -0.25) is 0 Å². The monoisotopic (exact) mass is 402 g/mol. The maximum absolute atomic E-state index is 10.6. The van der Waals surface area contributed by atoms with Crippen molar-refractivity contribution in [2.24, 2.45) is 5.73 Å². The Morgan fingerprint density at radius 2 is 1.62 bits per heavy atom. The van der Waals surface area contributed by atoms with Gasteiger partial charge < -0.3 is 16.6 Å². The minimum atomic E-state index is -5.08. The summed E-state index contributed by atoms with van der Waals surface area (Å²) in [5, 5.41) is 9.69. The first-order valence-electron chi connectivity index (χ1n) is 9.01. The Hall–Kier alpha value is -3.06. The molecule has 2 atom stereocenters. The highest BCUT2D eigenvalue weighted by Gasteiger charge is 2.51. The summed E-state index contributed by atoms with van der Waals surface area (Å²) in [7, 11) is 0. The average Bonchev–Trinajstić information content (AvgIpc) is 3.32. The molecule has 0 heterocycles. The summed E-state index contributed by atoms with van der Waals surface area (Å²) < 4.78 is 31.7. The summed E-state index contributed by atoms with van der Waals surface area (Å²) in [4.78, 5) is 8.90. The molecule has 0 saturated heterocycles. The lowest BCUT2D eigenvalue weighted by atomic mass is 9.97. The van der Waals surface area contributed by atoms with Crippen LogP contribution in [0.3, 0.4) is 0 Å². The SMILES string of the molecule is Nc1ccc([C@@H]2C[C@@]2(N)Cc2ccc3ccccc3c2)cc1.O=C(O)C(F)(F)F. The van der Waals surface area contributed by atoms with Crippen LogP contribution in [-0.2, 0) is 11.2 Å². The standard InChI is InChI=1S/C20H20N2.C2HF3O2/c21-18-9-7-16(8-10-18)19-13-20(19,22)12-14-5-6-15-3-1-2-4-17(15)11-14;3-2(4,5)1(6)7/h1-11,19H,12-13,21-22H2;(H,6,7)/t19-,20-;/m0./s1. The Kier molecular flexibility index (Phi) is 5.53. The van der Waals surface area contributed by atoms with Gasteiger partial charge in [-0.2, -0.15) is 13.2 Å². The van der Waals surface area contributed by atoms with Gasteiger partial charge in [-0.1, -0.05) is 54.6 Å². The number of carboxylic acids is 1. The van der Waals surface area contributed by atoms with Crippen molar-refractivity contribution in [3.8, 4) is 0 Å². The van der Waals surface area contributed by atoms with Crippen LogP contribution in [0.4, 0.5) is 18.9 Å². The van der Waals surface area contributed by atoms with Crippen LogP contribution in [0.2, 0.25) is 0 Å². The van der Waals surface area contributed by atoms with Gasteiger partial charge in [-0.15, -0.1) is 0 Å². The zero-order chi connectivity index (χ0) is 21.2. The number of halogens is 3. The van der Waals surface area contributed by atoms with Gasteiger partial charge in [0.2, 0.25) is 0 Å². The molecule has 0 unspecified atom stereocenters. The van der Waals surface area contributed by atoms with Gasteiger partial charge in [0, 0.05) is 17.1 Å². The Morgan fingerprint density at radius 1 is 1.03 bits per heavy atom. The van der Waals surface area contributed by atoms with Crippen molar-refractivity contribution in [1.82, 2.24) is 0 Å². The summed E-state index contributed by atoms with van der Waals surface area (Å²) >= 11 is 0. The first-order valence-corrected chi connectivity index (χ1v) is 9.01. The molecule has 152 valence electrons. The molecule has 4 rings (SSSR count). The Bertz CT molecular complexity index is 1020. The fourth-order valence-corrected chi connectivity index (χ4v) is 3.42. The van der Waals surface area contributed by atoms with E-state index in [-0.39, 0.29) is 5.54 Å². The molecule has 0 radical (unpaired) electrons. The quantitative estimate of drug-likeness (QED) is 0.564. The molecule has 0 bridgehead atoms. The van der Waals surface area contributed by atoms with Crippen molar-refractivity contribution >= 4 is 22.4 Å². The summed E-state index contributed by atoms with van der Waals surface area (Å²) in [5.74, 6) is -2.31. The molecular weight excluding hydrogens is 381 g/mol. The van der Waals surface area contributed by atoms with E-state index in [0.717, 1.165) is 18.5 Å². The lowest BCUT2D eigenvalue weighted by Crippen LogP contribution is -2.27. The number of fused-ring (bicyclic) bond motifs is 1. The average molecular weight is 402 g/mol. The molecule has 3 aromatic rings. The molecule has 3 aromatic carbocycles. The number of rotatable bonds is 3. The first-order chi connectivity index (χ1) is 13.6. The number of carbonyl (C=O) groups is 1. The second-order valence-electron chi connectivity index (χ2n) is 7.32. The summed E-state index contributed by atoms with van der Waals surface area (Å²) in [6.45, 7) is 0. The first kappa shape index (κ1) is 20.7. The lowest BCUT2D eigenvalue weighted by Gasteiger charge is -2.13. The van der Waals surface area contributed by atoms with Crippen LogP contribution in [0.1, 0.15) is 23.5 Å². The summed E-state index contributed by atoms with van der Waals surface area (Å²) in [5.41, 5.74) is 15.7. The molecule has 1 aliphatic rings. The largest absolute Gasteiger partial charge is 0.490 e. The molecule has 7 heteroatoms. The zero-order valence-electron chi connectivity index (χ0n) is 15.5.